The molecule has 0 spiro atoms. The number of carbonyl (C=O) groups excluding carboxylic acids is 3. The first-order chi connectivity index (χ1) is 5.57. The second kappa shape index (κ2) is 5.42. The van der Waals surface area contributed by atoms with Crippen molar-refractivity contribution in [1.29, 1.82) is 0 Å². The molecule has 68 valence electrons. The summed E-state index contributed by atoms with van der Waals surface area (Å²) in [7, 11) is 0. The Morgan fingerprint density at radius 1 is 1.58 bits per heavy atom. The van der Waals surface area contributed by atoms with Gasteiger partial charge in [-0.3, -0.25) is 9.59 Å². The van der Waals surface area contributed by atoms with Gasteiger partial charge < -0.3 is 15.2 Å². The van der Waals surface area contributed by atoms with E-state index in [1.165, 1.54) is 0 Å². The van der Waals surface area contributed by atoms with Gasteiger partial charge in [-0.2, -0.15) is 0 Å². The van der Waals surface area contributed by atoms with Gasteiger partial charge in [0, 0.05) is 13.3 Å². The number of rotatable bonds is 5. The smallest absolute Gasteiger partial charge is 0.289 e. The summed E-state index contributed by atoms with van der Waals surface area (Å²) >= 11 is 0. The number of nitrogens with one attached hydrogen (secondary N) is 1. The van der Waals surface area contributed by atoms with Gasteiger partial charge in [0.05, 0.1) is 0 Å². The summed E-state index contributed by atoms with van der Waals surface area (Å²) in [6.07, 6.45) is -0.211. The molecule has 0 saturated carbocycles. The number of ketones is 1. The maximum atomic E-state index is 10.6. The first kappa shape index (κ1) is 10.8. The number of amides is 1. The lowest BCUT2D eigenvalue weighted by molar-refractivity contribution is -0.138. The van der Waals surface area contributed by atoms with E-state index in [1.807, 2.05) is 5.32 Å². The van der Waals surface area contributed by atoms with Gasteiger partial charge in [-0.05, 0) is 6.42 Å². The molecule has 0 rings (SSSR count). The van der Waals surface area contributed by atoms with E-state index in [-0.39, 0.29) is 12.8 Å². The fourth-order valence-electron chi connectivity index (χ4n) is 0.551. The molecular weight excluding hydrogens is 162 g/mol. The second-order valence-electron chi connectivity index (χ2n) is 2.29. The number of aliphatic hydroxyl groups is 1. The van der Waals surface area contributed by atoms with Crippen LogP contribution in [0.5, 0.6) is 0 Å². The van der Waals surface area contributed by atoms with E-state index in [4.69, 9.17) is 5.11 Å². The molecule has 0 aliphatic heterocycles. The predicted octanol–water partition coefficient (Wildman–Crippen LogP) is -1.01. The van der Waals surface area contributed by atoms with Crippen molar-refractivity contribution >= 4 is 18.0 Å². The lowest BCUT2D eigenvalue weighted by Crippen LogP contribution is -2.38. The minimum absolute atomic E-state index is 0.127. The maximum Gasteiger partial charge on any atom is 0.289 e. The van der Waals surface area contributed by atoms with E-state index in [2.05, 4.69) is 0 Å². The highest BCUT2D eigenvalue weighted by molar-refractivity contribution is 6.35. The summed E-state index contributed by atoms with van der Waals surface area (Å²) in [6.45, 7) is 1.10. The first-order valence-electron chi connectivity index (χ1n) is 3.51. The third-order valence-corrected chi connectivity index (χ3v) is 1.18. The van der Waals surface area contributed by atoms with Crippen LogP contribution in [-0.2, 0) is 14.4 Å². The maximum absolute atomic E-state index is 10.6. The Morgan fingerprint density at radius 3 is 2.58 bits per heavy atom. The first-order valence-corrected chi connectivity index (χ1v) is 3.51. The lowest BCUT2D eigenvalue weighted by atomic mass is 10.3. The molecule has 0 radical (unpaired) electrons. The van der Waals surface area contributed by atoms with E-state index in [0.717, 1.165) is 6.92 Å². The van der Waals surface area contributed by atoms with Gasteiger partial charge in [0.25, 0.3) is 5.91 Å². The zero-order valence-corrected chi connectivity index (χ0v) is 6.74. The van der Waals surface area contributed by atoms with Crippen LogP contribution in [0.3, 0.4) is 0 Å². The Hall–Kier alpha value is -1.23. The van der Waals surface area contributed by atoms with Crippen molar-refractivity contribution < 1.29 is 19.5 Å². The molecule has 5 heteroatoms. The van der Waals surface area contributed by atoms with Crippen molar-refractivity contribution in [3.63, 3.8) is 0 Å². The molecule has 1 atom stereocenters. The highest BCUT2D eigenvalue weighted by Gasteiger charge is 2.11. The van der Waals surface area contributed by atoms with Crippen LogP contribution in [0.4, 0.5) is 0 Å². The van der Waals surface area contributed by atoms with Crippen LogP contribution in [-0.4, -0.2) is 29.3 Å². The van der Waals surface area contributed by atoms with Gasteiger partial charge in [0.2, 0.25) is 5.78 Å². The molecule has 0 bridgehead atoms. The van der Waals surface area contributed by atoms with Crippen LogP contribution in [0.1, 0.15) is 19.8 Å². The van der Waals surface area contributed by atoms with Gasteiger partial charge in [-0.1, -0.05) is 0 Å². The normalized spacial score (nSPS) is 11.8. The van der Waals surface area contributed by atoms with Gasteiger partial charge in [-0.15, -0.1) is 0 Å². The molecule has 5 nitrogen and oxygen atoms in total. The standard InChI is InChI=1S/C7H11NO4/c1-5(10)7(12)8-6(11)3-2-4-9/h4,6,11H,2-3H2,1H3,(H,8,12). The minimum atomic E-state index is -1.12. The molecule has 0 aromatic heterocycles. The Kier molecular flexibility index (Phi) is 4.87. The van der Waals surface area contributed by atoms with E-state index in [9.17, 15) is 14.4 Å². The second-order valence-corrected chi connectivity index (χ2v) is 2.29. The molecule has 0 aromatic rings. The van der Waals surface area contributed by atoms with Gasteiger partial charge >= 0.3 is 0 Å². The van der Waals surface area contributed by atoms with Crippen molar-refractivity contribution in [1.82, 2.24) is 5.32 Å². The summed E-state index contributed by atoms with van der Waals surface area (Å²) in [6, 6.07) is 0. The Morgan fingerprint density at radius 2 is 2.17 bits per heavy atom. The fraction of sp³-hybridized carbons (Fsp3) is 0.571. The number of Topliss-reactive ketones (excluding diaryl/α,β-unsaturated/α-hetero) is 1. The van der Waals surface area contributed by atoms with E-state index < -0.39 is 17.9 Å². The van der Waals surface area contributed by atoms with Gasteiger partial charge in [0.15, 0.2) is 0 Å². The molecule has 0 aliphatic carbocycles. The highest BCUT2D eigenvalue weighted by Crippen LogP contribution is 1.90. The number of carbonyl (C=O) groups is 3. The molecule has 0 heterocycles. The zero-order chi connectivity index (χ0) is 9.56. The SMILES string of the molecule is CC(=O)C(=O)NC(O)CCC=O. The average Bonchev–Trinajstić information content (AvgIpc) is 2.00. The fourth-order valence-corrected chi connectivity index (χ4v) is 0.551. The molecular formula is C7H11NO4. The van der Waals surface area contributed by atoms with Crippen molar-refractivity contribution in [2.75, 3.05) is 0 Å². The summed E-state index contributed by atoms with van der Waals surface area (Å²) in [5.74, 6) is -1.51. The van der Waals surface area contributed by atoms with Crippen LogP contribution in [0.25, 0.3) is 0 Å². The molecule has 0 saturated heterocycles. The third kappa shape index (κ3) is 4.56. The summed E-state index contributed by atoms with van der Waals surface area (Å²) in [5, 5.41) is 11.0. The molecule has 0 aliphatic rings. The average molecular weight is 173 g/mol. The van der Waals surface area contributed by atoms with E-state index in [0.29, 0.717) is 6.29 Å². The van der Waals surface area contributed by atoms with Crippen molar-refractivity contribution in [2.24, 2.45) is 0 Å². The number of aldehydes is 1. The monoisotopic (exact) mass is 173 g/mol. The zero-order valence-electron chi connectivity index (χ0n) is 6.74. The van der Waals surface area contributed by atoms with Crippen molar-refractivity contribution in [2.45, 2.75) is 26.0 Å². The molecule has 0 fully saturated rings. The van der Waals surface area contributed by atoms with Crippen molar-refractivity contribution in [3.05, 3.63) is 0 Å². The Balaban J connectivity index is 3.68. The number of aliphatic hydroxyl groups excluding tert-OH is 1. The van der Waals surface area contributed by atoms with E-state index >= 15 is 0 Å². The Labute approximate surface area is 69.8 Å². The molecule has 0 aromatic carbocycles. The minimum Gasteiger partial charge on any atom is -0.374 e. The van der Waals surface area contributed by atoms with Crippen LogP contribution in [0, 0.1) is 0 Å². The molecule has 12 heavy (non-hydrogen) atoms. The van der Waals surface area contributed by atoms with Crippen LogP contribution < -0.4 is 5.32 Å². The molecule has 1 unspecified atom stereocenters. The lowest BCUT2D eigenvalue weighted by Gasteiger charge is -2.08. The summed E-state index contributed by atoms with van der Waals surface area (Å²) < 4.78 is 0. The van der Waals surface area contributed by atoms with Gasteiger partial charge in [-0.25, -0.2) is 0 Å². The van der Waals surface area contributed by atoms with Crippen LogP contribution in [0.2, 0.25) is 0 Å². The van der Waals surface area contributed by atoms with Gasteiger partial charge in [0.1, 0.15) is 12.5 Å². The van der Waals surface area contributed by atoms with E-state index in [1.54, 1.807) is 0 Å². The van der Waals surface area contributed by atoms with Crippen LogP contribution >= 0.6 is 0 Å². The highest BCUT2D eigenvalue weighted by atomic mass is 16.3. The number of hydrogen-bond donors (Lipinski definition) is 2. The topological polar surface area (TPSA) is 83.5 Å². The molecule has 1 amide bonds. The predicted molar refractivity (Wildman–Crippen MR) is 40.1 cm³/mol. The quantitative estimate of drug-likeness (QED) is 0.317. The van der Waals surface area contributed by atoms with Crippen molar-refractivity contribution in [3.8, 4) is 0 Å². The summed E-state index contributed by atoms with van der Waals surface area (Å²) in [4.78, 5) is 30.8. The molecule has 2 N–H and O–H groups in total. The van der Waals surface area contributed by atoms with Crippen LogP contribution in [0.15, 0.2) is 0 Å². The Bertz CT molecular complexity index is 190. The third-order valence-electron chi connectivity index (χ3n) is 1.18. The largest absolute Gasteiger partial charge is 0.374 e. The number of hydrogen-bond acceptors (Lipinski definition) is 4. The summed E-state index contributed by atoms with van der Waals surface area (Å²) in [5.41, 5.74) is 0.